The minimum absolute atomic E-state index is 0.0338. The van der Waals surface area contributed by atoms with Crippen molar-refractivity contribution in [2.45, 2.75) is 20.4 Å². The van der Waals surface area contributed by atoms with E-state index < -0.39 is 5.91 Å². The highest BCUT2D eigenvalue weighted by molar-refractivity contribution is 6.35. The van der Waals surface area contributed by atoms with Crippen molar-refractivity contribution in [3.63, 3.8) is 0 Å². The number of ether oxygens (including phenoxy) is 1. The van der Waals surface area contributed by atoms with E-state index in [2.05, 4.69) is 40.1 Å². The number of nitrogens with one attached hydrogen (secondary N) is 2. The fourth-order valence-corrected chi connectivity index (χ4v) is 3.34. The van der Waals surface area contributed by atoms with Crippen LogP contribution >= 0.6 is 11.6 Å². The van der Waals surface area contributed by atoms with Gasteiger partial charge in [-0.1, -0.05) is 43.6 Å². The third-order valence-corrected chi connectivity index (χ3v) is 5.22. The topological polar surface area (TPSA) is 95.7 Å². The van der Waals surface area contributed by atoms with Crippen molar-refractivity contribution in [1.82, 2.24) is 15.2 Å². The normalized spacial score (nSPS) is 11.8. The molecule has 4 N–H and O–H groups in total. The summed E-state index contributed by atoms with van der Waals surface area (Å²) >= 11 is 6.35. The lowest BCUT2D eigenvalue weighted by molar-refractivity contribution is 0.0998. The molecule has 0 bridgehead atoms. The summed E-state index contributed by atoms with van der Waals surface area (Å²) in [6.45, 7) is 6.96. The second-order valence-electron chi connectivity index (χ2n) is 6.74. The Balaban J connectivity index is 1.98. The Morgan fingerprint density at radius 2 is 1.93 bits per heavy atom. The molecule has 0 aliphatic carbocycles. The Morgan fingerprint density at radius 1 is 1.20 bits per heavy atom. The van der Waals surface area contributed by atoms with Crippen molar-refractivity contribution < 1.29 is 9.53 Å². The second kappa shape index (κ2) is 9.65. The Kier molecular flexibility index (Phi) is 6.97. The fourth-order valence-electron chi connectivity index (χ4n) is 3.13. The number of nitrogens with zero attached hydrogens (tertiary/aromatic N) is 2. The Bertz CT molecular complexity index is 1070. The van der Waals surface area contributed by atoms with Gasteiger partial charge in [0.25, 0.3) is 5.91 Å². The van der Waals surface area contributed by atoms with E-state index in [0.717, 1.165) is 30.9 Å². The number of nitrogens with two attached hydrogens (primary N) is 1. The number of carbonyl (C=O) groups excluding carboxylic acids is 1. The van der Waals surface area contributed by atoms with Gasteiger partial charge in [-0.25, -0.2) is 0 Å². The maximum absolute atomic E-state index is 12.4. The number of fused-ring (bicyclic) bond motifs is 1. The van der Waals surface area contributed by atoms with Crippen molar-refractivity contribution in [2.75, 3.05) is 20.1 Å². The molecular formula is C22H26ClN5O2. The first kappa shape index (κ1) is 21.7. The van der Waals surface area contributed by atoms with E-state index in [1.54, 1.807) is 25.2 Å². The van der Waals surface area contributed by atoms with Crippen LogP contribution in [0.3, 0.4) is 0 Å². The number of aliphatic imine (C=N–C) groups is 1. The zero-order chi connectivity index (χ0) is 21.7. The highest BCUT2D eigenvalue weighted by atomic mass is 35.5. The summed E-state index contributed by atoms with van der Waals surface area (Å²) in [6.07, 6.45) is 0. The molecule has 1 aromatic heterocycles. The van der Waals surface area contributed by atoms with Gasteiger partial charge < -0.3 is 20.8 Å². The average molecular weight is 428 g/mol. The third kappa shape index (κ3) is 4.75. The van der Waals surface area contributed by atoms with Crippen molar-refractivity contribution in [3.8, 4) is 11.5 Å². The summed E-state index contributed by atoms with van der Waals surface area (Å²) in [5, 5.41) is 3.81. The zero-order valence-electron chi connectivity index (χ0n) is 17.3. The molecule has 8 heteroatoms. The molecule has 3 rings (SSSR count). The lowest BCUT2D eigenvalue weighted by Gasteiger charge is -2.20. The molecular weight excluding hydrogens is 402 g/mol. The highest BCUT2D eigenvalue weighted by Crippen LogP contribution is 2.35. The number of aromatic amines is 1. The molecule has 158 valence electrons. The maximum Gasteiger partial charge on any atom is 0.296 e. The molecule has 30 heavy (non-hydrogen) atoms. The molecule has 0 atom stereocenters. The number of hydrogen-bond acceptors (Lipinski definition) is 3. The number of guanidine groups is 1. The van der Waals surface area contributed by atoms with Crippen molar-refractivity contribution in [2.24, 2.45) is 10.7 Å². The van der Waals surface area contributed by atoms with Crippen LogP contribution in [-0.4, -0.2) is 41.9 Å². The number of carbonyl (C=O) groups is 1. The first-order chi connectivity index (χ1) is 14.5. The molecule has 1 heterocycles. The minimum Gasteiger partial charge on any atom is -0.455 e. The summed E-state index contributed by atoms with van der Waals surface area (Å²) < 4.78 is 6.26. The zero-order valence-corrected chi connectivity index (χ0v) is 18.1. The summed E-state index contributed by atoms with van der Waals surface area (Å²) in [6, 6.07) is 13.1. The van der Waals surface area contributed by atoms with E-state index in [0.29, 0.717) is 21.7 Å². The molecule has 0 spiro atoms. The Hall–Kier alpha value is -3.03. The monoisotopic (exact) mass is 427 g/mol. The largest absolute Gasteiger partial charge is 0.455 e. The molecule has 0 radical (unpaired) electrons. The van der Waals surface area contributed by atoms with Crippen LogP contribution in [0.4, 0.5) is 0 Å². The van der Waals surface area contributed by atoms with Gasteiger partial charge in [0.2, 0.25) is 0 Å². The van der Waals surface area contributed by atoms with E-state index in [9.17, 15) is 4.79 Å². The second-order valence-corrected chi connectivity index (χ2v) is 7.15. The smallest absolute Gasteiger partial charge is 0.296 e. The summed E-state index contributed by atoms with van der Waals surface area (Å²) in [5.74, 6) is 0.868. The first-order valence-electron chi connectivity index (χ1n) is 9.82. The van der Waals surface area contributed by atoms with Crippen LogP contribution in [0, 0.1) is 0 Å². The van der Waals surface area contributed by atoms with Gasteiger partial charge in [0.1, 0.15) is 11.4 Å². The number of benzene rings is 2. The summed E-state index contributed by atoms with van der Waals surface area (Å²) in [4.78, 5) is 21.6. The van der Waals surface area contributed by atoms with Crippen LogP contribution in [0.1, 0.15) is 29.9 Å². The number of amides is 1. The highest BCUT2D eigenvalue weighted by Gasteiger charge is 2.16. The van der Waals surface area contributed by atoms with E-state index in [4.69, 9.17) is 22.1 Å². The number of H-pyrrole nitrogens is 1. The van der Waals surface area contributed by atoms with Gasteiger partial charge in [0.15, 0.2) is 11.7 Å². The lowest BCUT2D eigenvalue weighted by atomic mass is 10.2. The van der Waals surface area contributed by atoms with Crippen LogP contribution in [0.2, 0.25) is 5.02 Å². The SMILES string of the molecule is CCN(CC)Cc1ccccc1Oc1ccc(Cl)c2cc(C(=O)N=C(N)NC)[nH]c12. The summed E-state index contributed by atoms with van der Waals surface area (Å²) in [7, 11) is 1.59. The van der Waals surface area contributed by atoms with E-state index in [-0.39, 0.29) is 11.7 Å². The van der Waals surface area contributed by atoms with Gasteiger partial charge in [-0.2, -0.15) is 4.99 Å². The fraction of sp³-hybridized carbons (Fsp3) is 0.273. The van der Waals surface area contributed by atoms with Crippen LogP contribution in [0.15, 0.2) is 47.5 Å². The van der Waals surface area contributed by atoms with Crippen molar-refractivity contribution in [1.29, 1.82) is 0 Å². The molecule has 0 saturated carbocycles. The predicted octanol–water partition coefficient (Wildman–Crippen LogP) is 4.13. The molecule has 0 fully saturated rings. The molecule has 0 saturated heterocycles. The molecule has 2 aromatic carbocycles. The van der Waals surface area contributed by atoms with Crippen molar-refractivity contribution in [3.05, 3.63) is 58.7 Å². The standard InChI is InChI=1S/C22H26ClN5O2/c1-4-28(5-2)13-14-8-6-7-9-18(14)30-19-11-10-16(23)15-12-17(26-20(15)19)21(29)27-22(24)25-3/h6-12,26H,4-5,13H2,1-3H3,(H3,24,25,27,29). The van der Waals surface area contributed by atoms with E-state index >= 15 is 0 Å². The van der Waals surface area contributed by atoms with Gasteiger partial charge in [-0.3, -0.25) is 9.69 Å². The quantitative estimate of drug-likeness (QED) is 0.389. The first-order valence-corrected chi connectivity index (χ1v) is 10.2. The van der Waals surface area contributed by atoms with Gasteiger partial charge >= 0.3 is 0 Å². The van der Waals surface area contributed by atoms with Crippen LogP contribution in [-0.2, 0) is 6.54 Å². The average Bonchev–Trinajstić information content (AvgIpc) is 3.21. The predicted molar refractivity (Wildman–Crippen MR) is 121 cm³/mol. The van der Waals surface area contributed by atoms with E-state index in [1.165, 1.54) is 0 Å². The Labute approximate surface area is 180 Å². The number of aromatic nitrogens is 1. The molecule has 0 aliphatic heterocycles. The van der Waals surface area contributed by atoms with Gasteiger partial charge in [-0.15, -0.1) is 0 Å². The lowest BCUT2D eigenvalue weighted by Crippen LogP contribution is -2.28. The van der Waals surface area contributed by atoms with Crippen LogP contribution in [0.25, 0.3) is 10.9 Å². The van der Waals surface area contributed by atoms with Gasteiger partial charge in [-0.05, 0) is 37.4 Å². The van der Waals surface area contributed by atoms with Crippen molar-refractivity contribution >= 4 is 34.4 Å². The van der Waals surface area contributed by atoms with Crippen LogP contribution < -0.4 is 15.8 Å². The number of rotatable bonds is 7. The van der Waals surface area contributed by atoms with Gasteiger partial charge in [0, 0.05) is 24.5 Å². The Morgan fingerprint density at radius 3 is 2.63 bits per heavy atom. The molecule has 7 nitrogen and oxygen atoms in total. The number of hydrogen-bond donors (Lipinski definition) is 3. The maximum atomic E-state index is 12.4. The molecule has 1 amide bonds. The van der Waals surface area contributed by atoms with E-state index in [1.807, 2.05) is 18.2 Å². The number of para-hydroxylation sites is 1. The minimum atomic E-state index is -0.498. The molecule has 3 aromatic rings. The molecule has 0 unspecified atom stereocenters. The van der Waals surface area contributed by atoms with Crippen LogP contribution in [0.5, 0.6) is 11.5 Å². The van der Waals surface area contributed by atoms with Gasteiger partial charge in [0.05, 0.1) is 10.5 Å². The summed E-state index contributed by atoms with van der Waals surface area (Å²) in [5.41, 5.74) is 7.58. The number of halogens is 1. The molecule has 0 aliphatic rings. The third-order valence-electron chi connectivity index (χ3n) is 4.89.